The molecule has 0 spiro atoms. The quantitative estimate of drug-likeness (QED) is 0.657. The second-order valence-corrected chi connectivity index (χ2v) is 8.29. The second kappa shape index (κ2) is 9.91. The lowest BCUT2D eigenvalue weighted by molar-refractivity contribution is -0.122. The molecule has 1 heterocycles. The number of amides is 1. The predicted octanol–water partition coefficient (Wildman–Crippen LogP) is 0.688. The summed E-state index contributed by atoms with van der Waals surface area (Å²) in [6.07, 6.45) is 1.46. The van der Waals surface area contributed by atoms with Gasteiger partial charge in [0.05, 0.1) is 32.3 Å². The summed E-state index contributed by atoms with van der Waals surface area (Å²) in [6, 6.07) is 5.89. The van der Waals surface area contributed by atoms with Crippen molar-refractivity contribution in [2.24, 2.45) is 0 Å². The first-order valence-electron chi connectivity index (χ1n) is 9.08. The number of nitrogens with zero attached hydrogens (tertiary/aromatic N) is 2. The molecule has 0 saturated carbocycles. The number of rotatable bonds is 9. The third-order valence-corrected chi connectivity index (χ3v) is 5.65. The summed E-state index contributed by atoms with van der Waals surface area (Å²) >= 11 is 0. The second-order valence-electron chi connectivity index (χ2n) is 6.43. The summed E-state index contributed by atoms with van der Waals surface area (Å²) in [5.41, 5.74) is 0.409. The molecule has 1 aromatic carbocycles. The third-order valence-electron chi connectivity index (χ3n) is 4.47. The van der Waals surface area contributed by atoms with Gasteiger partial charge in [0.2, 0.25) is 15.9 Å². The molecule has 2 rings (SSSR count). The Hall–Kier alpha value is -1.84. The SMILES string of the molecule is CC[C@@H](C(=O)NCCN1CCOCC1)N(c1cccc(OC)c1)S(C)(=O)=O. The molecule has 152 valence electrons. The molecule has 1 amide bonds. The molecule has 9 heteroatoms. The molecule has 1 aliphatic heterocycles. The van der Waals surface area contributed by atoms with E-state index in [9.17, 15) is 13.2 Å². The number of nitrogens with one attached hydrogen (secondary N) is 1. The molecule has 27 heavy (non-hydrogen) atoms. The number of ether oxygens (including phenoxy) is 2. The van der Waals surface area contributed by atoms with Gasteiger partial charge in [0.1, 0.15) is 11.8 Å². The van der Waals surface area contributed by atoms with Crippen LogP contribution in [-0.4, -0.2) is 78.0 Å². The zero-order valence-electron chi connectivity index (χ0n) is 16.2. The van der Waals surface area contributed by atoms with Crippen LogP contribution in [0.1, 0.15) is 13.3 Å². The topological polar surface area (TPSA) is 88.2 Å². The number of carbonyl (C=O) groups is 1. The van der Waals surface area contributed by atoms with Gasteiger partial charge in [-0.25, -0.2) is 8.42 Å². The Labute approximate surface area is 161 Å². The molecule has 1 fully saturated rings. The standard InChI is InChI=1S/C18H29N3O5S/c1-4-17(18(22)19-8-9-20-10-12-26-13-11-20)21(27(3,23)24)15-6-5-7-16(14-15)25-2/h5-7,14,17H,4,8-13H2,1-3H3,(H,19,22)/t17-/m0/s1. The van der Waals surface area contributed by atoms with Crippen LogP contribution in [-0.2, 0) is 19.6 Å². The predicted molar refractivity (Wildman–Crippen MR) is 105 cm³/mol. The zero-order valence-corrected chi connectivity index (χ0v) is 17.0. The van der Waals surface area contributed by atoms with E-state index in [4.69, 9.17) is 9.47 Å². The van der Waals surface area contributed by atoms with Crippen LogP contribution in [0.5, 0.6) is 5.75 Å². The molecular formula is C18H29N3O5S. The average Bonchev–Trinajstić information content (AvgIpc) is 2.65. The van der Waals surface area contributed by atoms with Crippen molar-refractivity contribution in [1.82, 2.24) is 10.2 Å². The van der Waals surface area contributed by atoms with Gasteiger partial charge in [-0.15, -0.1) is 0 Å². The lowest BCUT2D eigenvalue weighted by atomic mass is 10.2. The first-order chi connectivity index (χ1) is 12.9. The maximum Gasteiger partial charge on any atom is 0.243 e. The Kier molecular flexibility index (Phi) is 7.88. The van der Waals surface area contributed by atoms with E-state index >= 15 is 0 Å². The fourth-order valence-corrected chi connectivity index (χ4v) is 4.29. The van der Waals surface area contributed by atoms with Crippen LogP contribution in [0.25, 0.3) is 0 Å². The molecule has 1 atom stereocenters. The van der Waals surface area contributed by atoms with Gasteiger partial charge in [-0.3, -0.25) is 14.0 Å². The van der Waals surface area contributed by atoms with Crippen LogP contribution in [0, 0.1) is 0 Å². The number of hydrogen-bond acceptors (Lipinski definition) is 6. The normalized spacial score (nSPS) is 16.6. The molecule has 0 aliphatic carbocycles. The first kappa shape index (κ1) is 21.5. The van der Waals surface area contributed by atoms with Crippen molar-refractivity contribution in [3.05, 3.63) is 24.3 Å². The summed E-state index contributed by atoms with van der Waals surface area (Å²) in [5, 5.41) is 2.87. The van der Waals surface area contributed by atoms with Crippen LogP contribution in [0.3, 0.4) is 0 Å². The fraction of sp³-hybridized carbons (Fsp3) is 0.611. The number of morpholine rings is 1. The van der Waals surface area contributed by atoms with Gasteiger partial charge in [-0.1, -0.05) is 13.0 Å². The molecule has 8 nitrogen and oxygen atoms in total. The highest BCUT2D eigenvalue weighted by Gasteiger charge is 2.31. The third kappa shape index (κ3) is 6.08. The molecule has 0 aromatic heterocycles. The Morgan fingerprint density at radius 2 is 2.07 bits per heavy atom. The van der Waals surface area contributed by atoms with E-state index in [2.05, 4.69) is 10.2 Å². The monoisotopic (exact) mass is 399 g/mol. The van der Waals surface area contributed by atoms with E-state index in [0.717, 1.165) is 19.3 Å². The number of benzene rings is 1. The first-order valence-corrected chi connectivity index (χ1v) is 10.9. The molecule has 0 bridgehead atoms. The van der Waals surface area contributed by atoms with Crippen molar-refractivity contribution in [1.29, 1.82) is 0 Å². The number of methoxy groups -OCH3 is 1. The Morgan fingerprint density at radius 3 is 2.67 bits per heavy atom. The zero-order chi connectivity index (χ0) is 19.9. The lowest BCUT2D eigenvalue weighted by Gasteiger charge is -2.31. The minimum absolute atomic E-state index is 0.306. The van der Waals surface area contributed by atoms with Crippen LogP contribution >= 0.6 is 0 Å². The van der Waals surface area contributed by atoms with Crippen molar-refractivity contribution in [2.45, 2.75) is 19.4 Å². The molecular weight excluding hydrogens is 370 g/mol. The number of carbonyl (C=O) groups excluding carboxylic acids is 1. The average molecular weight is 400 g/mol. The van der Waals surface area contributed by atoms with Crippen LogP contribution in [0.2, 0.25) is 0 Å². The maximum atomic E-state index is 12.7. The van der Waals surface area contributed by atoms with E-state index in [-0.39, 0.29) is 5.91 Å². The maximum absolute atomic E-state index is 12.7. The van der Waals surface area contributed by atoms with Crippen molar-refractivity contribution in [2.75, 3.05) is 57.1 Å². The molecule has 1 aliphatic rings. The van der Waals surface area contributed by atoms with Crippen LogP contribution in [0.4, 0.5) is 5.69 Å². The van der Waals surface area contributed by atoms with Gasteiger partial charge >= 0.3 is 0 Å². The Balaban J connectivity index is 2.10. The molecule has 0 radical (unpaired) electrons. The van der Waals surface area contributed by atoms with Crippen LogP contribution < -0.4 is 14.4 Å². The van der Waals surface area contributed by atoms with Crippen molar-refractivity contribution < 1.29 is 22.7 Å². The van der Waals surface area contributed by atoms with Gasteiger partial charge in [-0.2, -0.15) is 0 Å². The van der Waals surface area contributed by atoms with Gasteiger partial charge in [-0.05, 0) is 18.6 Å². The van der Waals surface area contributed by atoms with Crippen molar-refractivity contribution in [3.63, 3.8) is 0 Å². The van der Waals surface area contributed by atoms with E-state index < -0.39 is 16.1 Å². The Bertz CT molecular complexity index is 719. The lowest BCUT2D eigenvalue weighted by Crippen LogP contribution is -2.50. The summed E-state index contributed by atoms with van der Waals surface area (Å²) in [6.45, 7) is 6.05. The minimum Gasteiger partial charge on any atom is -0.497 e. The van der Waals surface area contributed by atoms with Gasteiger partial charge in [0.15, 0.2) is 0 Å². The summed E-state index contributed by atoms with van der Waals surface area (Å²) in [5.74, 6) is 0.225. The molecule has 1 aromatic rings. The number of hydrogen-bond donors (Lipinski definition) is 1. The largest absolute Gasteiger partial charge is 0.497 e. The van der Waals surface area contributed by atoms with E-state index in [0.29, 0.717) is 44.2 Å². The van der Waals surface area contributed by atoms with Gasteiger partial charge < -0.3 is 14.8 Å². The summed E-state index contributed by atoms with van der Waals surface area (Å²) in [4.78, 5) is 14.9. The van der Waals surface area contributed by atoms with Gasteiger partial charge in [0.25, 0.3) is 0 Å². The smallest absolute Gasteiger partial charge is 0.243 e. The van der Waals surface area contributed by atoms with E-state index in [1.165, 1.54) is 11.4 Å². The van der Waals surface area contributed by atoms with Crippen molar-refractivity contribution >= 4 is 21.6 Å². The number of anilines is 1. The minimum atomic E-state index is -3.65. The van der Waals surface area contributed by atoms with E-state index in [1.807, 2.05) is 0 Å². The summed E-state index contributed by atoms with van der Waals surface area (Å²) < 4.78 is 36.5. The van der Waals surface area contributed by atoms with Gasteiger partial charge in [0, 0.05) is 32.2 Å². The molecule has 1 saturated heterocycles. The van der Waals surface area contributed by atoms with E-state index in [1.54, 1.807) is 31.2 Å². The highest BCUT2D eigenvalue weighted by Crippen LogP contribution is 2.26. The highest BCUT2D eigenvalue weighted by molar-refractivity contribution is 7.92. The number of sulfonamides is 1. The summed E-state index contributed by atoms with van der Waals surface area (Å²) in [7, 11) is -2.14. The fourth-order valence-electron chi connectivity index (χ4n) is 3.09. The highest BCUT2D eigenvalue weighted by atomic mass is 32.2. The Morgan fingerprint density at radius 1 is 1.37 bits per heavy atom. The van der Waals surface area contributed by atoms with Crippen molar-refractivity contribution in [3.8, 4) is 5.75 Å². The molecule has 0 unspecified atom stereocenters. The van der Waals surface area contributed by atoms with Crippen LogP contribution in [0.15, 0.2) is 24.3 Å². The molecule has 1 N–H and O–H groups in total.